The van der Waals surface area contributed by atoms with Gasteiger partial charge in [0, 0.05) is 23.9 Å². The molecule has 3 nitrogen and oxygen atoms in total. The molecule has 0 radical (unpaired) electrons. The molecule has 6 heteroatoms. The van der Waals surface area contributed by atoms with Gasteiger partial charge in [-0.25, -0.2) is 0 Å². The molecule has 0 saturated carbocycles. The molecule has 0 saturated heterocycles. The molecule has 0 aliphatic rings. The van der Waals surface area contributed by atoms with Crippen molar-refractivity contribution in [2.24, 2.45) is 5.73 Å². The Bertz CT molecular complexity index is 701. The van der Waals surface area contributed by atoms with E-state index in [1.54, 1.807) is 49.5 Å². The van der Waals surface area contributed by atoms with Gasteiger partial charge in [0.25, 0.3) is 5.91 Å². The van der Waals surface area contributed by atoms with Crippen molar-refractivity contribution in [1.29, 1.82) is 0 Å². The summed E-state index contributed by atoms with van der Waals surface area (Å²) in [5, 5.41) is 0.761. The zero-order valence-corrected chi connectivity index (χ0v) is 13.5. The molecule has 0 heterocycles. The van der Waals surface area contributed by atoms with Gasteiger partial charge in [-0.1, -0.05) is 35.4 Å². The van der Waals surface area contributed by atoms with Crippen LogP contribution in [0.2, 0.25) is 10.0 Å². The molecule has 0 atom stereocenters. The number of benzene rings is 2. The maximum Gasteiger partial charge on any atom is 0.258 e. The van der Waals surface area contributed by atoms with Crippen LogP contribution < -0.4 is 10.6 Å². The van der Waals surface area contributed by atoms with E-state index in [-0.39, 0.29) is 5.91 Å². The number of nitrogens with zero attached hydrogens (tertiary/aromatic N) is 1. The predicted octanol–water partition coefficient (Wildman–Crippen LogP) is 3.90. The lowest BCUT2D eigenvalue weighted by atomic mass is 10.1. The molecule has 21 heavy (non-hydrogen) atoms. The highest BCUT2D eigenvalue weighted by molar-refractivity contribution is 7.80. The van der Waals surface area contributed by atoms with Crippen molar-refractivity contribution < 1.29 is 4.79 Å². The maximum atomic E-state index is 12.4. The minimum Gasteiger partial charge on any atom is -0.389 e. The maximum absolute atomic E-state index is 12.4. The fourth-order valence-corrected chi connectivity index (χ4v) is 2.22. The Morgan fingerprint density at radius 3 is 2.14 bits per heavy atom. The number of anilines is 1. The van der Waals surface area contributed by atoms with Gasteiger partial charge in [0.1, 0.15) is 4.99 Å². The largest absolute Gasteiger partial charge is 0.389 e. The van der Waals surface area contributed by atoms with E-state index in [9.17, 15) is 4.79 Å². The second-order valence-corrected chi connectivity index (χ2v) is 5.66. The molecule has 108 valence electrons. The standard InChI is InChI=1S/C15H12Cl2N2OS/c1-19(11-5-2-9(3-6-11)14(18)21)15(20)10-4-7-12(16)13(17)8-10/h2-8H,1H3,(H2,18,21). The van der Waals surface area contributed by atoms with Gasteiger partial charge in [0.05, 0.1) is 10.0 Å². The van der Waals surface area contributed by atoms with Crippen molar-refractivity contribution in [3.05, 3.63) is 63.6 Å². The average molecular weight is 339 g/mol. The SMILES string of the molecule is CN(C(=O)c1ccc(Cl)c(Cl)c1)c1ccc(C(N)=S)cc1. The number of carbonyl (C=O) groups is 1. The third kappa shape index (κ3) is 3.53. The summed E-state index contributed by atoms with van der Waals surface area (Å²) in [6.07, 6.45) is 0. The number of hydrogen-bond acceptors (Lipinski definition) is 2. The number of thiocarbonyl (C=S) groups is 1. The second kappa shape index (κ2) is 6.43. The summed E-state index contributed by atoms with van der Waals surface area (Å²) in [5.74, 6) is -0.184. The lowest BCUT2D eigenvalue weighted by molar-refractivity contribution is 0.0993. The predicted molar refractivity (Wildman–Crippen MR) is 91.5 cm³/mol. The third-order valence-corrected chi connectivity index (χ3v) is 3.99. The van der Waals surface area contributed by atoms with E-state index < -0.39 is 0 Å². The number of hydrogen-bond donors (Lipinski definition) is 1. The molecule has 2 aromatic carbocycles. The Hall–Kier alpha value is -1.62. The van der Waals surface area contributed by atoms with E-state index in [1.165, 1.54) is 4.90 Å². The number of halogens is 2. The number of rotatable bonds is 3. The van der Waals surface area contributed by atoms with Crippen LogP contribution in [0.4, 0.5) is 5.69 Å². The molecule has 2 aromatic rings. The quantitative estimate of drug-likeness (QED) is 0.863. The van der Waals surface area contributed by atoms with E-state index in [2.05, 4.69) is 0 Å². The van der Waals surface area contributed by atoms with Crippen molar-refractivity contribution >= 4 is 52.0 Å². The molecule has 0 aliphatic carbocycles. The molecule has 0 fully saturated rings. The minimum atomic E-state index is -0.184. The number of carbonyl (C=O) groups excluding carboxylic acids is 1. The Labute approximate surface area is 138 Å². The zero-order valence-electron chi connectivity index (χ0n) is 11.1. The molecule has 1 amide bonds. The minimum absolute atomic E-state index is 0.184. The lowest BCUT2D eigenvalue weighted by Gasteiger charge is -2.18. The molecular formula is C15H12Cl2N2OS. The summed E-state index contributed by atoms with van der Waals surface area (Å²) in [5.41, 5.74) is 7.49. The summed E-state index contributed by atoms with van der Waals surface area (Å²) in [4.78, 5) is 14.2. The van der Waals surface area contributed by atoms with E-state index in [4.69, 9.17) is 41.2 Å². The fraction of sp³-hybridized carbons (Fsp3) is 0.0667. The monoisotopic (exact) mass is 338 g/mol. The highest BCUT2D eigenvalue weighted by atomic mass is 35.5. The number of nitrogens with two attached hydrogens (primary N) is 1. The smallest absolute Gasteiger partial charge is 0.258 e. The molecule has 0 unspecified atom stereocenters. The molecule has 2 rings (SSSR count). The Morgan fingerprint density at radius 2 is 1.62 bits per heavy atom. The normalized spacial score (nSPS) is 10.2. The van der Waals surface area contributed by atoms with Crippen molar-refractivity contribution in [1.82, 2.24) is 0 Å². The lowest BCUT2D eigenvalue weighted by Crippen LogP contribution is -2.26. The molecule has 0 aromatic heterocycles. The first-order chi connectivity index (χ1) is 9.90. The van der Waals surface area contributed by atoms with Crippen molar-refractivity contribution in [2.45, 2.75) is 0 Å². The van der Waals surface area contributed by atoms with Gasteiger partial charge in [-0.05, 0) is 42.5 Å². The summed E-state index contributed by atoms with van der Waals surface area (Å²) >= 11 is 16.7. The molecule has 0 aliphatic heterocycles. The van der Waals surface area contributed by atoms with E-state index in [0.717, 1.165) is 11.3 Å². The van der Waals surface area contributed by atoms with Gasteiger partial charge >= 0.3 is 0 Å². The Morgan fingerprint density at radius 1 is 1.05 bits per heavy atom. The van der Waals surface area contributed by atoms with E-state index in [1.807, 2.05) is 0 Å². The van der Waals surface area contributed by atoms with Gasteiger partial charge in [-0.2, -0.15) is 0 Å². The molecule has 2 N–H and O–H groups in total. The van der Waals surface area contributed by atoms with Gasteiger partial charge in [-0.15, -0.1) is 0 Å². The second-order valence-electron chi connectivity index (χ2n) is 4.40. The summed E-state index contributed by atoms with van der Waals surface area (Å²) < 4.78 is 0. The van der Waals surface area contributed by atoms with Gasteiger partial charge < -0.3 is 10.6 Å². The van der Waals surface area contributed by atoms with Crippen LogP contribution in [0.25, 0.3) is 0 Å². The van der Waals surface area contributed by atoms with Crippen LogP contribution in [0.15, 0.2) is 42.5 Å². The van der Waals surface area contributed by atoms with Crippen LogP contribution >= 0.6 is 35.4 Å². The molecular weight excluding hydrogens is 327 g/mol. The zero-order chi connectivity index (χ0) is 15.6. The highest BCUT2D eigenvalue weighted by Gasteiger charge is 2.14. The first-order valence-electron chi connectivity index (χ1n) is 6.03. The van der Waals surface area contributed by atoms with Crippen LogP contribution in [0.5, 0.6) is 0 Å². The highest BCUT2D eigenvalue weighted by Crippen LogP contribution is 2.24. The topological polar surface area (TPSA) is 46.3 Å². The van der Waals surface area contributed by atoms with E-state index >= 15 is 0 Å². The third-order valence-electron chi connectivity index (χ3n) is 3.01. The Kier molecular flexibility index (Phi) is 4.83. The fourth-order valence-electron chi connectivity index (χ4n) is 1.79. The van der Waals surface area contributed by atoms with Crippen molar-refractivity contribution in [3.8, 4) is 0 Å². The van der Waals surface area contributed by atoms with Crippen LogP contribution in [-0.2, 0) is 0 Å². The first-order valence-corrected chi connectivity index (χ1v) is 7.19. The van der Waals surface area contributed by atoms with Gasteiger partial charge in [-0.3, -0.25) is 4.79 Å². The summed E-state index contributed by atoms with van der Waals surface area (Å²) in [6.45, 7) is 0. The molecule has 0 bridgehead atoms. The van der Waals surface area contributed by atoms with Crippen LogP contribution in [-0.4, -0.2) is 17.9 Å². The number of amides is 1. The van der Waals surface area contributed by atoms with Crippen molar-refractivity contribution in [2.75, 3.05) is 11.9 Å². The first kappa shape index (κ1) is 15.8. The summed E-state index contributed by atoms with van der Waals surface area (Å²) in [6, 6.07) is 11.9. The summed E-state index contributed by atoms with van der Waals surface area (Å²) in [7, 11) is 1.68. The van der Waals surface area contributed by atoms with E-state index in [0.29, 0.717) is 20.6 Å². The van der Waals surface area contributed by atoms with Crippen LogP contribution in [0.3, 0.4) is 0 Å². The van der Waals surface area contributed by atoms with Crippen molar-refractivity contribution in [3.63, 3.8) is 0 Å². The molecule has 0 spiro atoms. The Balaban J connectivity index is 2.25. The van der Waals surface area contributed by atoms with Gasteiger partial charge in [0.15, 0.2) is 0 Å². The van der Waals surface area contributed by atoms with Crippen LogP contribution in [0.1, 0.15) is 15.9 Å². The van der Waals surface area contributed by atoms with Gasteiger partial charge in [0.2, 0.25) is 0 Å². The van der Waals surface area contributed by atoms with Crippen LogP contribution in [0, 0.1) is 0 Å². The average Bonchev–Trinajstić information content (AvgIpc) is 2.48.